The highest BCUT2D eigenvalue weighted by Gasteiger charge is 2.26. The zero-order chi connectivity index (χ0) is 15.2. The standard InChI is InChI=1S/C17H25NO3/c1-13-6-3-4-7-16(13)21-11-5-8-17(20)18-10-9-15(19)14(2)12-18/h3-4,6-7,14-15,19H,5,8-12H2,1-2H3. The van der Waals surface area contributed by atoms with Gasteiger partial charge in [0.15, 0.2) is 0 Å². The van der Waals surface area contributed by atoms with Gasteiger partial charge in [-0.15, -0.1) is 0 Å². The van der Waals surface area contributed by atoms with Crippen LogP contribution in [0.1, 0.15) is 31.7 Å². The van der Waals surface area contributed by atoms with Gasteiger partial charge in [-0.1, -0.05) is 25.1 Å². The number of aliphatic hydroxyl groups excluding tert-OH is 1. The number of amides is 1. The molecule has 0 saturated carbocycles. The highest BCUT2D eigenvalue weighted by molar-refractivity contribution is 5.76. The molecule has 0 spiro atoms. The number of ether oxygens (including phenoxy) is 1. The Kier molecular flexibility index (Phi) is 5.62. The molecule has 0 aromatic heterocycles. The number of nitrogens with zero attached hydrogens (tertiary/aromatic N) is 1. The lowest BCUT2D eigenvalue weighted by Gasteiger charge is -2.34. The van der Waals surface area contributed by atoms with Gasteiger partial charge >= 0.3 is 0 Å². The molecule has 4 nitrogen and oxygen atoms in total. The van der Waals surface area contributed by atoms with Crippen LogP contribution >= 0.6 is 0 Å². The fourth-order valence-corrected chi connectivity index (χ4v) is 2.64. The largest absolute Gasteiger partial charge is 0.493 e. The van der Waals surface area contributed by atoms with Gasteiger partial charge in [-0.2, -0.15) is 0 Å². The first-order valence-electron chi connectivity index (χ1n) is 7.72. The van der Waals surface area contributed by atoms with Crippen LogP contribution in [0, 0.1) is 12.8 Å². The number of hydrogen-bond donors (Lipinski definition) is 1. The molecule has 1 aliphatic heterocycles. The minimum absolute atomic E-state index is 0.169. The molecule has 0 bridgehead atoms. The van der Waals surface area contributed by atoms with Gasteiger partial charge in [-0.25, -0.2) is 0 Å². The van der Waals surface area contributed by atoms with Crippen molar-refractivity contribution in [3.8, 4) is 5.75 Å². The van der Waals surface area contributed by atoms with Crippen LogP contribution in [-0.4, -0.2) is 41.7 Å². The average Bonchev–Trinajstić information content (AvgIpc) is 2.48. The molecule has 1 N–H and O–H groups in total. The maximum Gasteiger partial charge on any atom is 0.222 e. The molecule has 1 saturated heterocycles. The molecule has 1 fully saturated rings. The van der Waals surface area contributed by atoms with E-state index in [-0.39, 0.29) is 17.9 Å². The number of likely N-dealkylation sites (tertiary alicyclic amines) is 1. The van der Waals surface area contributed by atoms with Crippen molar-refractivity contribution < 1.29 is 14.6 Å². The minimum Gasteiger partial charge on any atom is -0.493 e. The Morgan fingerprint density at radius 3 is 2.90 bits per heavy atom. The number of benzene rings is 1. The van der Waals surface area contributed by atoms with Crippen molar-refractivity contribution in [2.45, 2.75) is 39.2 Å². The number of carbonyl (C=O) groups is 1. The third-order valence-electron chi connectivity index (χ3n) is 4.10. The first-order chi connectivity index (χ1) is 10.1. The van der Waals surface area contributed by atoms with Gasteiger partial charge in [-0.05, 0) is 37.3 Å². The molecule has 2 atom stereocenters. The summed E-state index contributed by atoms with van der Waals surface area (Å²) in [5, 5.41) is 9.69. The van der Waals surface area contributed by atoms with E-state index in [1.165, 1.54) is 0 Å². The average molecular weight is 291 g/mol. The quantitative estimate of drug-likeness (QED) is 0.847. The van der Waals surface area contributed by atoms with Gasteiger partial charge in [0.05, 0.1) is 12.7 Å². The molecular formula is C17H25NO3. The summed E-state index contributed by atoms with van der Waals surface area (Å²) in [6.45, 7) is 5.90. The van der Waals surface area contributed by atoms with Crippen LogP contribution in [0.2, 0.25) is 0 Å². The topological polar surface area (TPSA) is 49.8 Å². The Morgan fingerprint density at radius 1 is 1.43 bits per heavy atom. The Labute approximate surface area is 126 Å². The highest BCUT2D eigenvalue weighted by atomic mass is 16.5. The predicted molar refractivity (Wildman–Crippen MR) is 82.3 cm³/mol. The first kappa shape index (κ1) is 15.8. The second-order valence-electron chi connectivity index (χ2n) is 5.89. The van der Waals surface area contributed by atoms with E-state index in [1.54, 1.807) is 0 Å². The van der Waals surface area contributed by atoms with Crippen LogP contribution in [0.4, 0.5) is 0 Å². The molecule has 0 aliphatic carbocycles. The van der Waals surface area contributed by atoms with Gasteiger partial charge in [-0.3, -0.25) is 4.79 Å². The zero-order valence-corrected chi connectivity index (χ0v) is 12.9. The smallest absolute Gasteiger partial charge is 0.222 e. The van der Waals surface area contributed by atoms with Crippen LogP contribution in [0.3, 0.4) is 0 Å². The van der Waals surface area contributed by atoms with Crippen LogP contribution in [0.25, 0.3) is 0 Å². The SMILES string of the molecule is Cc1ccccc1OCCCC(=O)N1CCC(O)C(C)C1. The van der Waals surface area contributed by atoms with Crippen LogP contribution < -0.4 is 4.74 Å². The van der Waals surface area contributed by atoms with Crippen molar-refractivity contribution in [3.05, 3.63) is 29.8 Å². The van der Waals surface area contributed by atoms with E-state index in [2.05, 4.69) is 0 Å². The number of hydrogen-bond acceptors (Lipinski definition) is 3. The molecule has 1 aromatic rings. The van der Waals surface area contributed by atoms with Crippen molar-refractivity contribution >= 4 is 5.91 Å². The predicted octanol–water partition coefficient (Wildman–Crippen LogP) is 2.38. The van der Waals surface area contributed by atoms with Gasteiger partial charge < -0.3 is 14.7 Å². The van der Waals surface area contributed by atoms with Crippen molar-refractivity contribution in [1.29, 1.82) is 0 Å². The second-order valence-corrected chi connectivity index (χ2v) is 5.89. The van der Waals surface area contributed by atoms with Gasteiger partial charge in [0.25, 0.3) is 0 Å². The molecule has 0 radical (unpaired) electrons. The van der Waals surface area contributed by atoms with Crippen LogP contribution in [0.5, 0.6) is 5.75 Å². The number of aryl methyl sites for hydroxylation is 1. The molecule has 116 valence electrons. The summed E-state index contributed by atoms with van der Waals surface area (Å²) in [5.74, 6) is 1.23. The minimum atomic E-state index is -0.265. The van der Waals surface area contributed by atoms with Gasteiger partial charge in [0, 0.05) is 19.5 Å². The van der Waals surface area contributed by atoms with E-state index in [1.807, 2.05) is 43.0 Å². The Bertz CT molecular complexity index is 475. The molecule has 2 rings (SSSR count). The van der Waals surface area contributed by atoms with E-state index < -0.39 is 0 Å². The third-order valence-corrected chi connectivity index (χ3v) is 4.10. The number of piperidine rings is 1. The Balaban J connectivity index is 1.69. The maximum atomic E-state index is 12.1. The fourth-order valence-electron chi connectivity index (χ4n) is 2.64. The van der Waals surface area contributed by atoms with E-state index in [0.29, 0.717) is 32.5 Å². The summed E-state index contributed by atoms with van der Waals surface area (Å²) in [5.41, 5.74) is 1.11. The summed E-state index contributed by atoms with van der Waals surface area (Å²) in [7, 11) is 0. The summed E-state index contributed by atoms with van der Waals surface area (Å²) < 4.78 is 5.70. The Morgan fingerprint density at radius 2 is 2.19 bits per heavy atom. The Hall–Kier alpha value is -1.55. The first-order valence-corrected chi connectivity index (χ1v) is 7.72. The molecule has 21 heavy (non-hydrogen) atoms. The summed E-state index contributed by atoms with van der Waals surface area (Å²) in [4.78, 5) is 14.0. The normalized spacial score (nSPS) is 22.1. The molecule has 2 unspecified atom stereocenters. The third kappa shape index (κ3) is 4.46. The van der Waals surface area contributed by atoms with Crippen molar-refractivity contribution in [2.75, 3.05) is 19.7 Å². The molecule has 4 heteroatoms. The van der Waals surface area contributed by atoms with Crippen LogP contribution in [-0.2, 0) is 4.79 Å². The summed E-state index contributed by atoms with van der Waals surface area (Å²) >= 11 is 0. The molecular weight excluding hydrogens is 266 g/mol. The van der Waals surface area contributed by atoms with Crippen molar-refractivity contribution in [2.24, 2.45) is 5.92 Å². The van der Waals surface area contributed by atoms with E-state index in [0.717, 1.165) is 17.7 Å². The van der Waals surface area contributed by atoms with E-state index in [4.69, 9.17) is 4.74 Å². The fraction of sp³-hybridized carbons (Fsp3) is 0.588. The van der Waals surface area contributed by atoms with Crippen molar-refractivity contribution in [3.63, 3.8) is 0 Å². The number of aliphatic hydroxyl groups is 1. The lowest BCUT2D eigenvalue weighted by molar-refractivity contribution is -0.134. The lowest BCUT2D eigenvalue weighted by atomic mass is 9.96. The summed E-state index contributed by atoms with van der Waals surface area (Å²) in [6, 6.07) is 7.90. The van der Waals surface area contributed by atoms with Gasteiger partial charge in [0.2, 0.25) is 5.91 Å². The molecule has 1 aromatic carbocycles. The van der Waals surface area contributed by atoms with Gasteiger partial charge in [0.1, 0.15) is 5.75 Å². The lowest BCUT2D eigenvalue weighted by Crippen LogP contribution is -2.44. The van der Waals surface area contributed by atoms with E-state index >= 15 is 0 Å². The maximum absolute atomic E-state index is 12.1. The second kappa shape index (κ2) is 7.46. The molecule has 1 amide bonds. The monoisotopic (exact) mass is 291 g/mol. The molecule has 1 heterocycles. The number of rotatable bonds is 5. The summed E-state index contributed by atoms with van der Waals surface area (Å²) in [6.07, 6.45) is 1.65. The molecule has 1 aliphatic rings. The van der Waals surface area contributed by atoms with Crippen molar-refractivity contribution in [1.82, 2.24) is 4.90 Å². The number of para-hydroxylation sites is 1. The van der Waals surface area contributed by atoms with Crippen LogP contribution in [0.15, 0.2) is 24.3 Å². The number of carbonyl (C=O) groups excluding carboxylic acids is 1. The zero-order valence-electron chi connectivity index (χ0n) is 12.9. The highest BCUT2D eigenvalue weighted by Crippen LogP contribution is 2.18. The van der Waals surface area contributed by atoms with E-state index in [9.17, 15) is 9.90 Å².